The van der Waals surface area contributed by atoms with Crippen molar-refractivity contribution in [2.75, 3.05) is 31.3 Å². The largest absolute Gasteiger partial charge is 0.468 e. The molecule has 0 aromatic heterocycles. The summed E-state index contributed by atoms with van der Waals surface area (Å²) in [5.41, 5.74) is 2.08. The summed E-state index contributed by atoms with van der Waals surface area (Å²) < 4.78 is 30.5. The zero-order valence-corrected chi connectivity index (χ0v) is 26.3. The van der Waals surface area contributed by atoms with Gasteiger partial charge < -0.3 is 25.8 Å². The summed E-state index contributed by atoms with van der Waals surface area (Å²) in [5.74, 6) is -1.70. The number of aliphatic hydroxyl groups is 1. The van der Waals surface area contributed by atoms with E-state index in [4.69, 9.17) is 4.74 Å². The van der Waals surface area contributed by atoms with Gasteiger partial charge in [-0.25, -0.2) is 8.42 Å². The number of nitrogens with zero attached hydrogens (tertiary/aromatic N) is 1. The third-order valence-electron chi connectivity index (χ3n) is 7.13. The SMILES string of the molecule is COC(=O)C(NCC(Cc1ccccc1)NC(=O)c1cc(C(=O)NC(C)c2ccccc2)cc(N(C)S(C)(=O)=O)c1)C(C)O. The van der Waals surface area contributed by atoms with E-state index in [9.17, 15) is 27.9 Å². The number of carbonyl (C=O) groups excluding carboxylic acids is 3. The van der Waals surface area contributed by atoms with Gasteiger partial charge in [-0.3, -0.25) is 18.7 Å². The number of aliphatic hydroxyl groups excluding tert-OH is 1. The molecule has 0 saturated carbocycles. The number of nitrogens with one attached hydrogen (secondary N) is 3. The first-order valence-corrected chi connectivity index (χ1v) is 15.9. The first-order chi connectivity index (χ1) is 20.8. The van der Waals surface area contributed by atoms with E-state index < -0.39 is 46.0 Å². The predicted octanol–water partition coefficient (Wildman–Crippen LogP) is 2.43. The molecule has 44 heavy (non-hydrogen) atoms. The summed E-state index contributed by atoms with van der Waals surface area (Å²) in [6.07, 6.45) is 0.342. The van der Waals surface area contributed by atoms with Gasteiger partial charge in [0.15, 0.2) is 0 Å². The van der Waals surface area contributed by atoms with Crippen molar-refractivity contribution < 1.29 is 32.6 Å². The number of carbonyl (C=O) groups is 3. The first-order valence-electron chi connectivity index (χ1n) is 14.1. The Morgan fingerprint density at radius 2 is 1.43 bits per heavy atom. The molecule has 0 bridgehead atoms. The van der Waals surface area contributed by atoms with Gasteiger partial charge >= 0.3 is 5.97 Å². The number of amides is 2. The van der Waals surface area contributed by atoms with Crippen molar-refractivity contribution in [1.29, 1.82) is 0 Å². The van der Waals surface area contributed by atoms with Gasteiger partial charge in [-0.05, 0) is 49.6 Å². The molecule has 3 aromatic carbocycles. The molecule has 0 aliphatic carbocycles. The van der Waals surface area contributed by atoms with Crippen LogP contribution in [0, 0.1) is 0 Å². The van der Waals surface area contributed by atoms with Gasteiger partial charge in [0.1, 0.15) is 6.04 Å². The van der Waals surface area contributed by atoms with Crippen LogP contribution in [0.25, 0.3) is 0 Å². The maximum Gasteiger partial charge on any atom is 0.325 e. The van der Waals surface area contributed by atoms with Gasteiger partial charge in [0.05, 0.1) is 31.2 Å². The average Bonchev–Trinajstić information content (AvgIpc) is 3.00. The lowest BCUT2D eigenvalue weighted by molar-refractivity contribution is -0.145. The maximum absolute atomic E-state index is 13.7. The molecule has 236 valence electrons. The molecule has 0 saturated heterocycles. The third-order valence-corrected chi connectivity index (χ3v) is 8.34. The van der Waals surface area contributed by atoms with Crippen LogP contribution in [0.2, 0.25) is 0 Å². The van der Waals surface area contributed by atoms with Gasteiger partial charge in [-0.2, -0.15) is 0 Å². The van der Waals surface area contributed by atoms with Gasteiger partial charge in [0.25, 0.3) is 11.8 Å². The molecule has 0 radical (unpaired) electrons. The Balaban J connectivity index is 1.93. The zero-order chi connectivity index (χ0) is 32.4. The Labute approximate surface area is 258 Å². The van der Waals surface area contributed by atoms with E-state index in [1.54, 1.807) is 0 Å². The third kappa shape index (κ3) is 9.63. The summed E-state index contributed by atoms with van der Waals surface area (Å²) in [5, 5.41) is 18.9. The van der Waals surface area contributed by atoms with Crippen LogP contribution in [0.4, 0.5) is 5.69 Å². The number of hydrogen-bond donors (Lipinski definition) is 4. The summed E-state index contributed by atoms with van der Waals surface area (Å²) in [6, 6.07) is 21.0. The smallest absolute Gasteiger partial charge is 0.325 e. The van der Waals surface area contributed by atoms with Gasteiger partial charge in [0.2, 0.25) is 10.0 Å². The Morgan fingerprint density at radius 1 is 0.886 bits per heavy atom. The predicted molar refractivity (Wildman–Crippen MR) is 169 cm³/mol. The van der Waals surface area contributed by atoms with Gasteiger partial charge in [0, 0.05) is 30.8 Å². The van der Waals surface area contributed by atoms with E-state index in [1.165, 1.54) is 39.3 Å². The van der Waals surface area contributed by atoms with Crippen LogP contribution in [0.15, 0.2) is 78.9 Å². The molecule has 12 heteroatoms. The molecule has 4 atom stereocenters. The Morgan fingerprint density at radius 3 is 1.95 bits per heavy atom. The molecule has 0 spiro atoms. The Kier molecular flexibility index (Phi) is 12.0. The van der Waals surface area contributed by atoms with Gasteiger partial charge in [-0.15, -0.1) is 0 Å². The van der Waals surface area contributed by atoms with Crippen LogP contribution in [0.5, 0.6) is 0 Å². The van der Waals surface area contributed by atoms with Crippen molar-refractivity contribution in [2.45, 2.75) is 44.5 Å². The van der Waals surface area contributed by atoms with Crippen molar-refractivity contribution in [3.05, 3.63) is 101 Å². The highest BCUT2D eigenvalue weighted by Gasteiger charge is 2.26. The highest BCUT2D eigenvalue weighted by Crippen LogP contribution is 2.22. The van der Waals surface area contributed by atoms with E-state index in [-0.39, 0.29) is 29.4 Å². The molecule has 2 amide bonds. The van der Waals surface area contributed by atoms with Crippen LogP contribution in [-0.4, -0.2) is 76.5 Å². The molecule has 4 unspecified atom stereocenters. The van der Waals surface area contributed by atoms with Gasteiger partial charge in [-0.1, -0.05) is 60.7 Å². The highest BCUT2D eigenvalue weighted by atomic mass is 32.2. The summed E-state index contributed by atoms with van der Waals surface area (Å²) >= 11 is 0. The fourth-order valence-electron chi connectivity index (χ4n) is 4.54. The molecule has 3 aromatic rings. The second kappa shape index (κ2) is 15.5. The molecule has 0 heterocycles. The number of esters is 1. The van der Waals surface area contributed by atoms with E-state index in [0.717, 1.165) is 21.7 Å². The van der Waals surface area contributed by atoms with Crippen LogP contribution < -0.4 is 20.3 Å². The lowest BCUT2D eigenvalue weighted by atomic mass is 10.0. The number of ether oxygens (including phenoxy) is 1. The minimum atomic E-state index is -3.72. The zero-order valence-electron chi connectivity index (χ0n) is 25.5. The number of benzene rings is 3. The molecular weight excluding hydrogens is 584 g/mol. The molecular formula is C32H40N4O7S. The van der Waals surface area contributed by atoms with Crippen LogP contribution in [-0.2, 0) is 26.0 Å². The quantitative estimate of drug-likeness (QED) is 0.200. The molecule has 11 nitrogen and oxygen atoms in total. The lowest BCUT2D eigenvalue weighted by Crippen LogP contribution is -2.52. The number of methoxy groups -OCH3 is 1. The van der Waals surface area contributed by atoms with Crippen LogP contribution in [0.1, 0.15) is 51.7 Å². The molecule has 0 aliphatic heterocycles. The molecule has 3 rings (SSSR count). The van der Waals surface area contributed by atoms with Crippen LogP contribution >= 0.6 is 0 Å². The van der Waals surface area contributed by atoms with Crippen molar-refractivity contribution in [2.24, 2.45) is 0 Å². The van der Waals surface area contributed by atoms with E-state index >= 15 is 0 Å². The summed E-state index contributed by atoms with van der Waals surface area (Å²) in [4.78, 5) is 39.2. The summed E-state index contributed by atoms with van der Waals surface area (Å²) in [7, 11) is -1.16. The number of hydrogen-bond acceptors (Lipinski definition) is 8. The molecule has 4 N–H and O–H groups in total. The lowest BCUT2D eigenvalue weighted by Gasteiger charge is -2.25. The topological polar surface area (TPSA) is 154 Å². The number of anilines is 1. The van der Waals surface area contributed by atoms with Crippen molar-refractivity contribution >= 4 is 33.5 Å². The minimum Gasteiger partial charge on any atom is -0.468 e. The summed E-state index contributed by atoms with van der Waals surface area (Å²) in [6.45, 7) is 3.37. The monoisotopic (exact) mass is 624 g/mol. The van der Waals surface area contributed by atoms with Crippen molar-refractivity contribution in [3.8, 4) is 0 Å². The molecule has 0 fully saturated rings. The highest BCUT2D eigenvalue weighted by molar-refractivity contribution is 7.92. The molecule has 0 aliphatic rings. The average molecular weight is 625 g/mol. The van der Waals surface area contributed by atoms with Crippen LogP contribution in [0.3, 0.4) is 0 Å². The van der Waals surface area contributed by atoms with E-state index in [2.05, 4.69) is 16.0 Å². The normalized spacial score (nSPS) is 14.0. The van der Waals surface area contributed by atoms with E-state index in [1.807, 2.05) is 67.6 Å². The number of rotatable bonds is 14. The Hall–Kier alpha value is -4.26. The minimum absolute atomic E-state index is 0.0635. The second-order valence-corrected chi connectivity index (χ2v) is 12.6. The maximum atomic E-state index is 13.7. The first kappa shape index (κ1) is 34.2. The van der Waals surface area contributed by atoms with E-state index in [0.29, 0.717) is 6.42 Å². The van der Waals surface area contributed by atoms with Crippen molar-refractivity contribution in [3.63, 3.8) is 0 Å². The fraction of sp³-hybridized carbons (Fsp3) is 0.344. The number of sulfonamides is 1. The standard InChI is InChI=1S/C32H40N4O7S/c1-21(24-14-10-7-11-15-24)34-30(38)25-17-26(19-28(18-25)36(3)44(5,41)42)31(39)35-27(16-23-12-8-6-9-13-23)20-33-29(22(2)37)32(40)43-4/h6-15,17-19,21-22,27,29,33,37H,16,20H2,1-5H3,(H,34,38)(H,35,39). The van der Waals surface area contributed by atoms with Crippen molar-refractivity contribution in [1.82, 2.24) is 16.0 Å². The second-order valence-electron chi connectivity index (χ2n) is 10.6. The Bertz CT molecular complexity index is 1530. The fourth-order valence-corrected chi connectivity index (χ4v) is 5.03.